The number of amides is 1. The van der Waals surface area contributed by atoms with Crippen molar-refractivity contribution in [1.82, 2.24) is 0 Å². The molecule has 0 radical (unpaired) electrons. The fourth-order valence-electron chi connectivity index (χ4n) is 3.15. The zero-order chi connectivity index (χ0) is 17.8. The van der Waals surface area contributed by atoms with E-state index >= 15 is 0 Å². The zero-order valence-electron chi connectivity index (χ0n) is 13.7. The van der Waals surface area contributed by atoms with E-state index in [0.29, 0.717) is 13.1 Å². The van der Waals surface area contributed by atoms with Crippen molar-refractivity contribution in [2.45, 2.75) is 12.5 Å². The van der Waals surface area contributed by atoms with Crippen LogP contribution in [0, 0.1) is 0 Å². The lowest BCUT2D eigenvalue weighted by Crippen LogP contribution is -2.27. The number of benzene rings is 2. The van der Waals surface area contributed by atoms with Crippen molar-refractivity contribution in [1.29, 1.82) is 0 Å². The van der Waals surface area contributed by atoms with Gasteiger partial charge in [0.05, 0.1) is 6.54 Å². The Morgan fingerprint density at radius 1 is 1.20 bits per heavy atom. The van der Waals surface area contributed by atoms with Gasteiger partial charge in [-0.3, -0.25) is 4.90 Å². The van der Waals surface area contributed by atoms with Crippen LogP contribution in [0.15, 0.2) is 42.5 Å². The van der Waals surface area contributed by atoms with E-state index in [9.17, 15) is 9.18 Å². The lowest BCUT2D eigenvalue weighted by Gasteiger charge is -2.14. The molecule has 2 aliphatic rings. The molecule has 1 heterocycles. The summed E-state index contributed by atoms with van der Waals surface area (Å²) in [7, 11) is 0. The van der Waals surface area contributed by atoms with Gasteiger partial charge >= 0.3 is 6.09 Å². The van der Waals surface area contributed by atoms with Gasteiger partial charge in [-0.1, -0.05) is 30.3 Å². The second-order valence-electron chi connectivity index (χ2n) is 5.85. The Hall–Kier alpha value is -2.73. The lowest BCUT2D eigenvalue weighted by atomic mass is 10.1. The smallest absolute Gasteiger partial charge is 0.414 e. The SMILES string of the molecule is NC[C@H]1CN(c2ccc3c(c2)Cc2ccccc2-3)C(=O)O1.O=CCF. The molecule has 5 nitrogen and oxygen atoms in total. The number of alkyl halides is 1. The molecule has 1 saturated heterocycles. The normalized spacial score (nSPS) is 17.3. The van der Waals surface area contributed by atoms with Gasteiger partial charge in [0, 0.05) is 12.2 Å². The monoisotopic (exact) mass is 342 g/mol. The number of hydrogen-bond acceptors (Lipinski definition) is 4. The van der Waals surface area contributed by atoms with E-state index in [1.807, 2.05) is 6.07 Å². The largest absolute Gasteiger partial charge is 0.443 e. The maximum Gasteiger partial charge on any atom is 0.414 e. The summed E-state index contributed by atoms with van der Waals surface area (Å²) < 4.78 is 15.6. The number of ether oxygens (including phenoxy) is 1. The zero-order valence-corrected chi connectivity index (χ0v) is 13.7. The Morgan fingerprint density at radius 3 is 2.60 bits per heavy atom. The van der Waals surface area contributed by atoms with Gasteiger partial charge in [0.15, 0.2) is 6.29 Å². The first kappa shape index (κ1) is 17.1. The van der Waals surface area contributed by atoms with Crippen LogP contribution in [0.2, 0.25) is 0 Å². The molecule has 6 heteroatoms. The van der Waals surface area contributed by atoms with Crippen molar-refractivity contribution >= 4 is 18.1 Å². The molecule has 2 N–H and O–H groups in total. The molecular weight excluding hydrogens is 323 g/mol. The molecule has 0 aromatic heterocycles. The molecule has 2 aromatic rings. The van der Waals surface area contributed by atoms with E-state index in [1.54, 1.807) is 4.90 Å². The third kappa shape index (κ3) is 3.39. The Labute approximate surface area is 145 Å². The van der Waals surface area contributed by atoms with Crippen LogP contribution in [0.1, 0.15) is 11.1 Å². The molecule has 1 amide bonds. The Balaban J connectivity index is 0.000000415. The number of hydrogen-bond donors (Lipinski definition) is 1. The standard InChI is InChI=1S/C17H16N2O2.C2H3FO/c18-9-14-10-19(17(20)21-14)13-5-6-16-12(8-13)7-11-3-1-2-4-15(11)16;3-1-2-4/h1-6,8,14H,7,9-10,18H2;2H,1H2/t14-;/m0./s1. The van der Waals surface area contributed by atoms with E-state index in [2.05, 4.69) is 36.4 Å². The van der Waals surface area contributed by atoms with Crippen molar-refractivity contribution < 1.29 is 18.7 Å². The molecule has 0 saturated carbocycles. The van der Waals surface area contributed by atoms with Crippen LogP contribution in [-0.2, 0) is 16.0 Å². The highest BCUT2D eigenvalue weighted by atomic mass is 19.1. The van der Waals surface area contributed by atoms with E-state index in [0.717, 1.165) is 12.1 Å². The molecule has 1 atom stereocenters. The highest BCUT2D eigenvalue weighted by molar-refractivity contribution is 5.91. The Kier molecular flexibility index (Phi) is 5.09. The number of fused-ring (bicyclic) bond motifs is 3. The van der Waals surface area contributed by atoms with Crippen LogP contribution in [-0.4, -0.2) is 38.2 Å². The predicted octanol–water partition coefficient (Wildman–Crippen LogP) is 2.70. The molecule has 0 unspecified atom stereocenters. The Bertz CT molecular complexity index is 794. The van der Waals surface area contributed by atoms with Gasteiger partial charge in [-0.05, 0) is 40.8 Å². The van der Waals surface area contributed by atoms with Gasteiger partial charge < -0.3 is 15.3 Å². The second kappa shape index (κ2) is 7.44. The summed E-state index contributed by atoms with van der Waals surface area (Å²) in [6, 6.07) is 14.6. The van der Waals surface area contributed by atoms with Gasteiger partial charge in [-0.25, -0.2) is 9.18 Å². The van der Waals surface area contributed by atoms with Gasteiger partial charge in [0.2, 0.25) is 0 Å². The second-order valence-corrected chi connectivity index (χ2v) is 5.85. The number of halogens is 1. The fourth-order valence-corrected chi connectivity index (χ4v) is 3.15. The average Bonchev–Trinajstić information content (AvgIpc) is 3.21. The van der Waals surface area contributed by atoms with Crippen LogP contribution in [0.5, 0.6) is 0 Å². The minimum absolute atomic E-state index is 0.206. The van der Waals surface area contributed by atoms with Crippen molar-refractivity contribution in [2.24, 2.45) is 5.73 Å². The fraction of sp³-hybridized carbons (Fsp3) is 0.263. The highest BCUT2D eigenvalue weighted by Gasteiger charge is 2.32. The van der Waals surface area contributed by atoms with Crippen molar-refractivity contribution in [3.63, 3.8) is 0 Å². The molecule has 4 rings (SSSR count). The van der Waals surface area contributed by atoms with E-state index in [1.165, 1.54) is 22.3 Å². The number of anilines is 1. The number of nitrogens with two attached hydrogens (primary N) is 1. The van der Waals surface area contributed by atoms with Crippen LogP contribution in [0.4, 0.5) is 14.9 Å². The average molecular weight is 342 g/mol. The summed E-state index contributed by atoms with van der Waals surface area (Å²) in [5.41, 5.74) is 11.6. The molecule has 1 aliphatic heterocycles. The predicted molar refractivity (Wildman–Crippen MR) is 93.4 cm³/mol. The van der Waals surface area contributed by atoms with E-state index in [-0.39, 0.29) is 18.5 Å². The first-order valence-corrected chi connectivity index (χ1v) is 8.07. The third-order valence-electron chi connectivity index (χ3n) is 4.29. The topological polar surface area (TPSA) is 72.6 Å². The summed E-state index contributed by atoms with van der Waals surface area (Å²) in [6.45, 7) is 0.0275. The number of nitrogens with zero attached hydrogens (tertiary/aromatic N) is 1. The van der Waals surface area contributed by atoms with Gasteiger partial charge in [-0.2, -0.15) is 0 Å². The maximum atomic E-state index is 11.9. The summed E-state index contributed by atoms with van der Waals surface area (Å²) in [4.78, 5) is 22.4. The number of cyclic esters (lactones) is 1. The third-order valence-corrected chi connectivity index (χ3v) is 4.29. The molecule has 2 aromatic carbocycles. The van der Waals surface area contributed by atoms with Crippen LogP contribution >= 0.6 is 0 Å². The van der Waals surface area contributed by atoms with Crippen LogP contribution in [0.25, 0.3) is 11.1 Å². The maximum absolute atomic E-state index is 11.9. The van der Waals surface area contributed by atoms with Crippen molar-refractivity contribution in [3.8, 4) is 11.1 Å². The minimum atomic E-state index is -0.861. The van der Waals surface area contributed by atoms with Crippen molar-refractivity contribution in [2.75, 3.05) is 24.7 Å². The summed E-state index contributed by atoms with van der Waals surface area (Å²) >= 11 is 0. The summed E-state index contributed by atoms with van der Waals surface area (Å²) in [5.74, 6) is 0. The van der Waals surface area contributed by atoms with Gasteiger partial charge in [-0.15, -0.1) is 0 Å². The Morgan fingerprint density at radius 2 is 1.92 bits per heavy atom. The van der Waals surface area contributed by atoms with Gasteiger partial charge in [0.25, 0.3) is 0 Å². The number of carbonyl (C=O) groups excluding carboxylic acids is 2. The molecular formula is C19H19FN2O3. The van der Waals surface area contributed by atoms with Crippen LogP contribution < -0.4 is 10.6 Å². The lowest BCUT2D eigenvalue weighted by molar-refractivity contribution is -0.108. The quantitative estimate of drug-likeness (QED) is 0.743. The first-order valence-electron chi connectivity index (χ1n) is 8.07. The molecule has 0 bridgehead atoms. The molecule has 130 valence electrons. The van der Waals surface area contributed by atoms with Gasteiger partial charge in [0.1, 0.15) is 12.8 Å². The van der Waals surface area contributed by atoms with E-state index < -0.39 is 6.67 Å². The number of aldehydes is 1. The number of rotatable bonds is 3. The minimum Gasteiger partial charge on any atom is -0.443 e. The summed E-state index contributed by atoms with van der Waals surface area (Å²) in [6.07, 6.45) is 0.617. The summed E-state index contributed by atoms with van der Waals surface area (Å²) in [5, 5.41) is 0. The molecule has 1 fully saturated rings. The van der Waals surface area contributed by atoms with Crippen molar-refractivity contribution in [3.05, 3.63) is 53.6 Å². The highest BCUT2D eigenvalue weighted by Crippen LogP contribution is 2.38. The molecule has 0 spiro atoms. The van der Waals surface area contributed by atoms with Crippen LogP contribution in [0.3, 0.4) is 0 Å². The first-order chi connectivity index (χ1) is 12.2. The van der Waals surface area contributed by atoms with E-state index in [4.69, 9.17) is 15.3 Å². The molecule has 1 aliphatic carbocycles. The molecule has 25 heavy (non-hydrogen) atoms. The number of carbonyl (C=O) groups is 2.